The third-order valence-corrected chi connectivity index (χ3v) is 10.6. The SMILES string of the molecule is Cc1ccccc1-c1cccc(COc2ccc(C3(OCC(=O)[O-])COC3)cc2)c1.Cc1ccccc1-c1cccc(COc2ccc(C3(OCC(=O)[O-])COC3)cc2)c1.[Ca+2]. The zero-order chi connectivity index (χ0) is 42.0. The van der Waals surface area contributed by atoms with Crippen molar-refractivity contribution in [3.05, 3.63) is 179 Å². The predicted octanol–water partition coefficient (Wildman–Crippen LogP) is 6.09. The van der Waals surface area contributed by atoms with Crippen LogP contribution in [0.3, 0.4) is 0 Å². The van der Waals surface area contributed by atoms with Gasteiger partial charge in [-0.15, -0.1) is 0 Å². The van der Waals surface area contributed by atoms with Crippen LogP contribution in [0.1, 0.15) is 33.4 Å². The van der Waals surface area contributed by atoms with Crippen LogP contribution in [-0.2, 0) is 53.0 Å². The fourth-order valence-corrected chi connectivity index (χ4v) is 7.13. The van der Waals surface area contributed by atoms with E-state index in [-0.39, 0.29) is 37.7 Å². The van der Waals surface area contributed by atoms with Gasteiger partial charge in [0.05, 0.1) is 51.6 Å². The number of benzene rings is 6. The number of carboxylic acids is 2. The maximum absolute atomic E-state index is 10.7. The molecule has 2 fully saturated rings. The number of aliphatic carboxylic acids is 2. The molecule has 0 spiro atoms. The molecular formula is C50H46CaO10. The number of carboxylic acid groups (broad SMARTS) is 2. The molecule has 0 amide bonds. The second-order valence-electron chi connectivity index (χ2n) is 15.0. The van der Waals surface area contributed by atoms with Gasteiger partial charge < -0.3 is 48.2 Å². The van der Waals surface area contributed by atoms with Crippen molar-refractivity contribution in [2.24, 2.45) is 0 Å². The van der Waals surface area contributed by atoms with Crippen molar-refractivity contribution < 1.29 is 48.2 Å². The zero-order valence-corrected chi connectivity index (χ0v) is 36.5. The fourth-order valence-electron chi connectivity index (χ4n) is 7.13. The van der Waals surface area contributed by atoms with Gasteiger partial charge in [-0.05, 0) is 106 Å². The monoisotopic (exact) mass is 846 g/mol. The van der Waals surface area contributed by atoms with Crippen molar-refractivity contribution in [3.63, 3.8) is 0 Å². The molecule has 11 heteroatoms. The van der Waals surface area contributed by atoms with Gasteiger partial charge in [0, 0.05) is 0 Å². The molecule has 0 atom stereocenters. The molecule has 61 heavy (non-hydrogen) atoms. The molecule has 0 unspecified atom stereocenters. The topological polar surface area (TPSA) is 136 Å². The van der Waals surface area contributed by atoms with Crippen molar-refractivity contribution in [2.45, 2.75) is 38.3 Å². The van der Waals surface area contributed by atoms with Crippen LogP contribution in [0.5, 0.6) is 11.5 Å². The summed E-state index contributed by atoms with van der Waals surface area (Å²) in [5.74, 6) is -1.02. The number of carbonyl (C=O) groups is 2. The molecule has 6 aromatic carbocycles. The number of hydrogen-bond acceptors (Lipinski definition) is 10. The van der Waals surface area contributed by atoms with Crippen molar-refractivity contribution in [2.75, 3.05) is 39.6 Å². The molecule has 2 heterocycles. The Morgan fingerprint density at radius 2 is 0.902 bits per heavy atom. The van der Waals surface area contributed by atoms with Crippen molar-refractivity contribution in [1.29, 1.82) is 0 Å². The van der Waals surface area contributed by atoms with Gasteiger partial charge in [0.15, 0.2) is 0 Å². The summed E-state index contributed by atoms with van der Waals surface area (Å²) in [6.45, 7) is 5.50. The maximum atomic E-state index is 10.7. The summed E-state index contributed by atoms with van der Waals surface area (Å²) >= 11 is 0. The molecule has 0 aromatic heterocycles. The molecule has 0 bridgehead atoms. The summed E-state index contributed by atoms with van der Waals surface area (Å²) in [4.78, 5) is 21.5. The van der Waals surface area contributed by atoms with Crippen LogP contribution in [0, 0.1) is 13.8 Å². The molecule has 0 aliphatic carbocycles. The molecule has 0 saturated carbocycles. The van der Waals surface area contributed by atoms with Gasteiger partial charge >= 0.3 is 37.7 Å². The van der Waals surface area contributed by atoms with E-state index in [1.165, 1.54) is 33.4 Å². The Bertz CT molecular complexity index is 2220. The van der Waals surface area contributed by atoms with E-state index in [1.54, 1.807) is 0 Å². The molecule has 308 valence electrons. The Labute approximate surface area is 386 Å². The Hall–Kier alpha value is -5.04. The average molecular weight is 847 g/mol. The second-order valence-corrected chi connectivity index (χ2v) is 15.0. The summed E-state index contributed by atoms with van der Waals surface area (Å²) in [6, 6.07) is 48.3. The van der Waals surface area contributed by atoms with E-state index in [0.29, 0.717) is 39.6 Å². The second kappa shape index (κ2) is 21.2. The molecule has 6 aromatic rings. The van der Waals surface area contributed by atoms with Crippen molar-refractivity contribution in [1.82, 2.24) is 0 Å². The molecule has 2 aliphatic rings. The smallest absolute Gasteiger partial charge is 0.548 e. The number of hydrogen-bond donors (Lipinski definition) is 0. The molecule has 2 aliphatic heterocycles. The first-order chi connectivity index (χ1) is 29.1. The molecular weight excluding hydrogens is 801 g/mol. The molecule has 0 radical (unpaired) electrons. The standard InChI is InChI=1S/2C25H24O5.Ca/c2*1-18-5-2-3-8-23(18)20-7-4-6-19(13-20)14-29-22-11-9-21(10-12-22)25(16-28-17-25)30-15-24(26)27;/h2*2-13H,14-17H2,1H3,(H,26,27);/q;;+2/p-2. The normalized spacial score (nSPS) is 14.5. The van der Waals surface area contributed by atoms with Gasteiger partial charge in [-0.1, -0.05) is 109 Å². The van der Waals surface area contributed by atoms with Crippen LogP contribution in [0.25, 0.3) is 22.3 Å². The van der Waals surface area contributed by atoms with E-state index in [0.717, 1.165) is 33.8 Å². The summed E-state index contributed by atoms with van der Waals surface area (Å²) in [5, 5.41) is 21.5. The minimum Gasteiger partial charge on any atom is -0.548 e. The van der Waals surface area contributed by atoms with Gasteiger partial charge in [-0.2, -0.15) is 0 Å². The molecule has 8 rings (SSSR count). The van der Waals surface area contributed by atoms with Crippen LogP contribution < -0.4 is 19.7 Å². The van der Waals surface area contributed by atoms with Gasteiger partial charge in [0.2, 0.25) is 0 Å². The Morgan fingerprint density at radius 1 is 0.525 bits per heavy atom. The third-order valence-electron chi connectivity index (χ3n) is 10.6. The van der Waals surface area contributed by atoms with Gasteiger partial charge in [-0.25, -0.2) is 0 Å². The fraction of sp³-hybridized carbons (Fsp3) is 0.240. The van der Waals surface area contributed by atoms with E-state index < -0.39 is 36.4 Å². The van der Waals surface area contributed by atoms with Crippen LogP contribution in [0.15, 0.2) is 146 Å². The van der Waals surface area contributed by atoms with Crippen LogP contribution in [0.2, 0.25) is 0 Å². The number of ether oxygens (including phenoxy) is 6. The Morgan fingerprint density at radius 3 is 1.23 bits per heavy atom. The quantitative estimate of drug-likeness (QED) is 0.106. The van der Waals surface area contributed by atoms with Crippen LogP contribution >= 0.6 is 0 Å². The van der Waals surface area contributed by atoms with E-state index in [2.05, 4.69) is 62.4 Å². The predicted molar refractivity (Wildman–Crippen MR) is 227 cm³/mol. The van der Waals surface area contributed by atoms with Gasteiger partial charge in [-0.3, -0.25) is 0 Å². The van der Waals surface area contributed by atoms with Crippen molar-refractivity contribution in [3.8, 4) is 33.8 Å². The summed E-state index contributed by atoms with van der Waals surface area (Å²) in [5.41, 5.74) is 9.70. The Kier molecular flexibility index (Phi) is 15.8. The molecule has 10 nitrogen and oxygen atoms in total. The number of aryl methyl sites for hydroxylation is 2. The molecule has 2 saturated heterocycles. The first kappa shape index (κ1) is 45.5. The van der Waals surface area contributed by atoms with E-state index in [4.69, 9.17) is 28.4 Å². The molecule has 0 N–H and O–H groups in total. The third kappa shape index (κ3) is 11.7. The maximum Gasteiger partial charge on any atom is 2.00 e. The van der Waals surface area contributed by atoms with Crippen LogP contribution in [0.4, 0.5) is 0 Å². The van der Waals surface area contributed by atoms with E-state index in [1.807, 2.05) is 97.1 Å². The first-order valence-electron chi connectivity index (χ1n) is 19.7. The van der Waals surface area contributed by atoms with E-state index in [9.17, 15) is 19.8 Å². The number of carbonyl (C=O) groups excluding carboxylic acids is 2. The largest absolute Gasteiger partial charge is 2.00 e. The summed E-state index contributed by atoms with van der Waals surface area (Å²) < 4.78 is 33.4. The summed E-state index contributed by atoms with van der Waals surface area (Å²) in [6.07, 6.45) is 0. The van der Waals surface area contributed by atoms with Gasteiger partial charge in [0.1, 0.15) is 35.9 Å². The average Bonchev–Trinajstić information content (AvgIpc) is 3.23. The number of rotatable bonds is 16. The minimum absolute atomic E-state index is 0. The summed E-state index contributed by atoms with van der Waals surface area (Å²) in [7, 11) is 0. The van der Waals surface area contributed by atoms with Gasteiger partial charge in [0.25, 0.3) is 0 Å². The van der Waals surface area contributed by atoms with E-state index >= 15 is 0 Å². The van der Waals surface area contributed by atoms with Crippen LogP contribution in [-0.4, -0.2) is 89.3 Å². The first-order valence-corrected chi connectivity index (χ1v) is 19.7. The minimum atomic E-state index is -1.24. The van der Waals surface area contributed by atoms with Crippen molar-refractivity contribution >= 4 is 49.7 Å². The Balaban J connectivity index is 0.000000201. The zero-order valence-electron chi connectivity index (χ0n) is 34.3.